The highest BCUT2D eigenvalue weighted by atomic mass is 32.1. The van der Waals surface area contributed by atoms with Gasteiger partial charge in [0.05, 0.1) is 30.2 Å². The highest BCUT2D eigenvalue weighted by molar-refractivity contribution is 7.16. The lowest BCUT2D eigenvalue weighted by atomic mass is 10.0. The van der Waals surface area contributed by atoms with Gasteiger partial charge in [-0.2, -0.15) is 4.99 Å². The number of hydrogen-bond donors (Lipinski definition) is 0. The van der Waals surface area contributed by atoms with Gasteiger partial charge in [0.2, 0.25) is 0 Å². The van der Waals surface area contributed by atoms with Gasteiger partial charge in [-0.3, -0.25) is 9.59 Å². The van der Waals surface area contributed by atoms with E-state index in [1.807, 2.05) is 59.2 Å². The monoisotopic (exact) mass is 462 g/mol. The third kappa shape index (κ3) is 4.34. The van der Waals surface area contributed by atoms with Crippen molar-refractivity contribution in [1.29, 1.82) is 0 Å². The van der Waals surface area contributed by atoms with Gasteiger partial charge in [-0.1, -0.05) is 53.8 Å². The average molecular weight is 463 g/mol. The van der Waals surface area contributed by atoms with Crippen LogP contribution in [0.25, 0.3) is 21.0 Å². The standard InChI is InChI=1S/C25H22N2O5S/c1-30-24(29)9-10-27-19-14-20-21(32-12-11-31-20)15-22(19)33-25(27)26-23(28)13-17-7-4-6-16-5-2-3-8-18(16)17/h2-8,14-15H,9-13H2,1H3. The van der Waals surface area contributed by atoms with Crippen molar-refractivity contribution >= 4 is 44.2 Å². The summed E-state index contributed by atoms with van der Waals surface area (Å²) in [6.45, 7) is 1.31. The number of esters is 1. The van der Waals surface area contributed by atoms with Crippen LogP contribution in [0.3, 0.4) is 0 Å². The minimum atomic E-state index is -0.326. The number of thiazole rings is 1. The first kappa shape index (κ1) is 21.2. The van der Waals surface area contributed by atoms with Gasteiger partial charge in [0, 0.05) is 18.7 Å². The number of aryl methyl sites for hydroxylation is 1. The molecule has 8 heteroatoms. The zero-order valence-electron chi connectivity index (χ0n) is 18.1. The summed E-state index contributed by atoms with van der Waals surface area (Å²) in [4.78, 5) is 29.8. The second-order valence-electron chi connectivity index (χ2n) is 7.65. The number of carbonyl (C=O) groups excluding carboxylic acids is 2. The first-order valence-corrected chi connectivity index (χ1v) is 11.5. The Morgan fingerprint density at radius 3 is 2.64 bits per heavy atom. The summed E-state index contributed by atoms with van der Waals surface area (Å²) in [6.07, 6.45) is 0.358. The number of hydrogen-bond acceptors (Lipinski definition) is 6. The number of benzene rings is 3. The van der Waals surface area contributed by atoms with Crippen molar-refractivity contribution in [3.8, 4) is 11.5 Å². The SMILES string of the molecule is COC(=O)CCn1c(=NC(=O)Cc2cccc3ccccc23)sc2cc3c(cc21)OCCO3. The quantitative estimate of drug-likeness (QED) is 0.421. The third-order valence-corrected chi connectivity index (χ3v) is 6.60. The lowest BCUT2D eigenvalue weighted by Crippen LogP contribution is -2.20. The molecular weight excluding hydrogens is 440 g/mol. The topological polar surface area (TPSA) is 79.1 Å². The van der Waals surface area contributed by atoms with Crippen molar-refractivity contribution < 1.29 is 23.8 Å². The summed E-state index contributed by atoms with van der Waals surface area (Å²) < 4.78 is 19.0. The van der Waals surface area contributed by atoms with Crippen LogP contribution in [0.1, 0.15) is 12.0 Å². The van der Waals surface area contributed by atoms with Gasteiger partial charge < -0.3 is 18.8 Å². The fourth-order valence-corrected chi connectivity index (χ4v) is 5.05. The normalized spacial score (nSPS) is 13.4. The molecule has 0 saturated carbocycles. The second kappa shape index (κ2) is 9.07. The van der Waals surface area contributed by atoms with Crippen molar-refractivity contribution in [3.63, 3.8) is 0 Å². The van der Waals surface area contributed by atoms with E-state index in [0.717, 1.165) is 26.6 Å². The first-order chi connectivity index (χ1) is 16.1. The van der Waals surface area contributed by atoms with Gasteiger partial charge in [-0.05, 0) is 16.3 Å². The van der Waals surface area contributed by atoms with Crippen molar-refractivity contribution in [2.75, 3.05) is 20.3 Å². The molecule has 5 rings (SSSR count). The molecule has 0 saturated heterocycles. The van der Waals surface area contributed by atoms with Crippen LogP contribution in [0, 0.1) is 0 Å². The van der Waals surface area contributed by atoms with E-state index < -0.39 is 0 Å². The van der Waals surface area contributed by atoms with Gasteiger partial charge in [-0.15, -0.1) is 0 Å². The largest absolute Gasteiger partial charge is 0.486 e. The summed E-state index contributed by atoms with van der Waals surface area (Å²) in [5.74, 6) is 0.741. The molecule has 0 spiro atoms. The maximum absolute atomic E-state index is 13.0. The van der Waals surface area contributed by atoms with E-state index in [0.29, 0.717) is 36.1 Å². The summed E-state index contributed by atoms with van der Waals surface area (Å²) in [6, 6.07) is 17.7. The summed E-state index contributed by atoms with van der Waals surface area (Å²) in [7, 11) is 1.36. The maximum Gasteiger partial charge on any atom is 0.307 e. The van der Waals surface area contributed by atoms with Gasteiger partial charge in [0.1, 0.15) is 13.2 Å². The molecule has 0 unspecified atom stereocenters. The number of ether oxygens (including phenoxy) is 3. The molecule has 1 aliphatic heterocycles. The number of amides is 1. The van der Waals surface area contributed by atoms with E-state index >= 15 is 0 Å². The van der Waals surface area contributed by atoms with E-state index in [2.05, 4.69) is 4.99 Å². The fourth-order valence-electron chi connectivity index (χ4n) is 3.97. The number of rotatable bonds is 5. The molecule has 0 radical (unpaired) electrons. The number of fused-ring (bicyclic) bond motifs is 3. The van der Waals surface area contributed by atoms with Gasteiger partial charge in [0.15, 0.2) is 16.3 Å². The average Bonchev–Trinajstić information content (AvgIpc) is 3.16. The Kier molecular flexibility index (Phi) is 5.83. The van der Waals surface area contributed by atoms with Crippen molar-refractivity contribution in [2.24, 2.45) is 4.99 Å². The van der Waals surface area contributed by atoms with Crippen LogP contribution in [0.5, 0.6) is 11.5 Å². The lowest BCUT2D eigenvalue weighted by molar-refractivity contribution is -0.140. The molecule has 0 N–H and O–H groups in total. The highest BCUT2D eigenvalue weighted by Gasteiger charge is 2.17. The van der Waals surface area contributed by atoms with Crippen LogP contribution >= 0.6 is 11.3 Å². The fraction of sp³-hybridized carbons (Fsp3) is 0.240. The van der Waals surface area contributed by atoms with Crippen LogP contribution in [-0.2, 0) is 27.3 Å². The zero-order valence-corrected chi connectivity index (χ0v) is 18.9. The van der Waals surface area contributed by atoms with Gasteiger partial charge in [0.25, 0.3) is 5.91 Å². The molecule has 33 heavy (non-hydrogen) atoms. The summed E-state index contributed by atoms with van der Waals surface area (Å²) in [5, 5.41) is 2.13. The molecular formula is C25H22N2O5S. The maximum atomic E-state index is 13.0. The third-order valence-electron chi connectivity index (χ3n) is 5.56. The highest BCUT2D eigenvalue weighted by Crippen LogP contribution is 2.35. The molecule has 7 nitrogen and oxygen atoms in total. The molecule has 0 fully saturated rings. The van der Waals surface area contributed by atoms with Crippen molar-refractivity contribution in [3.05, 3.63) is 65.0 Å². The van der Waals surface area contributed by atoms with Crippen molar-refractivity contribution in [1.82, 2.24) is 4.57 Å². The summed E-state index contributed by atoms with van der Waals surface area (Å²) >= 11 is 1.39. The van der Waals surface area contributed by atoms with Crippen LogP contribution in [0.4, 0.5) is 0 Å². The molecule has 0 aliphatic carbocycles. The van der Waals surface area contributed by atoms with E-state index in [1.54, 1.807) is 0 Å². The number of carbonyl (C=O) groups is 2. The predicted octanol–water partition coefficient (Wildman–Crippen LogP) is 3.86. The smallest absolute Gasteiger partial charge is 0.307 e. The van der Waals surface area contributed by atoms with E-state index in [1.165, 1.54) is 18.4 Å². The van der Waals surface area contributed by atoms with Crippen LogP contribution in [0.15, 0.2) is 59.6 Å². The zero-order chi connectivity index (χ0) is 22.8. The molecule has 0 atom stereocenters. The minimum absolute atomic E-state index is 0.168. The second-order valence-corrected chi connectivity index (χ2v) is 8.66. The summed E-state index contributed by atoms with van der Waals surface area (Å²) in [5.41, 5.74) is 1.77. The molecule has 1 aliphatic rings. The predicted molar refractivity (Wildman–Crippen MR) is 126 cm³/mol. The van der Waals surface area contributed by atoms with E-state index in [4.69, 9.17) is 14.2 Å². The molecule has 1 amide bonds. The Morgan fingerprint density at radius 2 is 1.82 bits per heavy atom. The van der Waals surface area contributed by atoms with E-state index in [-0.39, 0.29) is 24.7 Å². The first-order valence-electron chi connectivity index (χ1n) is 10.7. The molecule has 2 heterocycles. The van der Waals surface area contributed by atoms with Crippen LogP contribution < -0.4 is 14.3 Å². The van der Waals surface area contributed by atoms with Gasteiger partial charge >= 0.3 is 5.97 Å². The van der Waals surface area contributed by atoms with Crippen LogP contribution in [-0.4, -0.2) is 36.8 Å². The number of methoxy groups -OCH3 is 1. The number of nitrogens with zero attached hydrogens (tertiary/aromatic N) is 2. The molecule has 1 aromatic heterocycles. The molecule has 0 bridgehead atoms. The number of aromatic nitrogens is 1. The minimum Gasteiger partial charge on any atom is -0.486 e. The van der Waals surface area contributed by atoms with Crippen LogP contribution in [0.2, 0.25) is 0 Å². The molecule has 3 aromatic carbocycles. The molecule has 168 valence electrons. The molecule has 4 aromatic rings. The Balaban J connectivity index is 1.54. The Hall–Kier alpha value is -3.65. The Labute approximate surface area is 193 Å². The Morgan fingerprint density at radius 1 is 1.06 bits per heavy atom. The van der Waals surface area contributed by atoms with Crippen molar-refractivity contribution in [2.45, 2.75) is 19.4 Å². The Bertz CT molecular complexity index is 1430. The van der Waals surface area contributed by atoms with E-state index in [9.17, 15) is 9.59 Å². The lowest BCUT2D eigenvalue weighted by Gasteiger charge is -2.18. The van der Waals surface area contributed by atoms with Gasteiger partial charge in [-0.25, -0.2) is 0 Å².